The van der Waals surface area contributed by atoms with Gasteiger partial charge in [0, 0.05) is 19.6 Å². The molecular formula is C24H31N5O. The van der Waals surface area contributed by atoms with Crippen LogP contribution in [0, 0.1) is 17.2 Å². The summed E-state index contributed by atoms with van der Waals surface area (Å²) >= 11 is 0. The van der Waals surface area contributed by atoms with Crippen LogP contribution < -0.4 is 15.8 Å². The Balaban J connectivity index is 1.62. The Labute approximate surface area is 179 Å². The molecule has 30 heavy (non-hydrogen) atoms. The Morgan fingerprint density at radius 2 is 1.87 bits per heavy atom. The Hall–Kier alpha value is -3.04. The van der Waals surface area contributed by atoms with Crippen LogP contribution in [0.15, 0.2) is 53.5 Å². The number of benzene rings is 2. The Morgan fingerprint density at radius 1 is 1.17 bits per heavy atom. The van der Waals surface area contributed by atoms with Crippen molar-refractivity contribution in [2.45, 2.75) is 32.8 Å². The highest BCUT2D eigenvalue weighted by molar-refractivity contribution is 5.82. The summed E-state index contributed by atoms with van der Waals surface area (Å²) in [5.41, 5.74) is 8.22. The molecule has 0 bridgehead atoms. The number of rotatable bonds is 7. The maximum Gasteiger partial charge on any atom is 0.199 e. The van der Waals surface area contributed by atoms with Crippen LogP contribution in [-0.4, -0.2) is 37.0 Å². The Morgan fingerprint density at radius 3 is 2.50 bits per heavy atom. The van der Waals surface area contributed by atoms with Crippen LogP contribution >= 0.6 is 0 Å². The van der Waals surface area contributed by atoms with E-state index in [0.29, 0.717) is 18.7 Å². The van der Waals surface area contributed by atoms with Crippen molar-refractivity contribution in [2.75, 3.05) is 26.2 Å². The van der Waals surface area contributed by atoms with Crippen LogP contribution in [0.3, 0.4) is 0 Å². The van der Waals surface area contributed by atoms with E-state index in [1.807, 2.05) is 36.4 Å². The van der Waals surface area contributed by atoms with Crippen molar-refractivity contribution in [3.8, 4) is 11.8 Å². The number of likely N-dealkylation sites (tertiary alicyclic amines) is 1. The third-order valence-electron chi connectivity index (χ3n) is 5.31. The molecule has 0 atom stereocenters. The maximum absolute atomic E-state index is 8.88. The second kappa shape index (κ2) is 11.2. The predicted molar refractivity (Wildman–Crippen MR) is 121 cm³/mol. The van der Waals surface area contributed by atoms with E-state index in [2.05, 4.69) is 23.2 Å². The minimum Gasteiger partial charge on any atom is -0.489 e. The van der Waals surface area contributed by atoms with E-state index < -0.39 is 0 Å². The number of nitrogens with one attached hydrogen (secondary N) is 1. The molecule has 1 aliphatic heterocycles. The van der Waals surface area contributed by atoms with Gasteiger partial charge in [0.05, 0.1) is 17.3 Å². The molecule has 0 aliphatic carbocycles. The van der Waals surface area contributed by atoms with Gasteiger partial charge < -0.3 is 20.7 Å². The maximum atomic E-state index is 8.88. The highest BCUT2D eigenvalue weighted by Gasteiger charge is 2.18. The minimum atomic E-state index is 0.464. The molecule has 0 amide bonds. The monoisotopic (exact) mass is 405 g/mol. The van der Waals surface area contributed by atoms with Gasteiger partial charge in [-0.05, 0) is 73.7 Å². The quantitative estimate of drug-likeness (QED) is 0.416. The number of piperidine rings is 1. The first-order valence-corrected chi connectivity index (χ1v) is 10.7. The van der Waals surface area contributed by atoms with E-state index in [0.717, 1.165) is 54.9 Å². The van der Waals surface area contributed by atoms with Gasteiger partial charge in [-0.15, -0.1) is 0 Å². The zero-order chi connectivity index (χ0) is 21.2. The lowest BCUT2D eigenvalue weighted by Gasteiger charge is -2.33. The van der Waals surface area contributed by atoms with E-state index in [9.17, 15) is 0 Å². The van der Waals surface area contributed by atoms with Crippen LogP contribution in [0.4, 0.5) is 5.69 Å². The summed E-state index contributed by atoms with van der Waals surface area (Å²) in [5, 5.41) is 12.3. The van der Waals surface area contributed by atoms with E-state index in [1.165, 1.54) is 12.8 Å². The number of nitrogens with two attached hydrogens (primary N) is 1. The molecule has 0 aromatic heterocycles. The molecule has 0 radical (unpaired) electrons. The van der Waals surface area contributed by atoms with Crippen molar-refractivity contribution in [1.82, 2.24) is 10.2 Å². The van der Waals surface area contributed by atoms with Crippen LogP contribution in [0.2, 0.25) is 0 Å². The number of nitrogens with zero attached hydrogens (tertiary/aromatic N) is 3. The highest BCUT2D eigenvalue weighted by atomic mass is 16.5. The van der Waals surface area contributed by atoms with E-state index in [4.69, 9.17) is 20.7 Å². The number of ether oxygens (including phenoxy) is 1. The van der Waals surface area contributed by atoms with Gasteiger partial charge in [0.25, 0.3) is 0 Å². The normalized spacial score (nSPS) is 15.0. The number of aliphatic imine (C=N–C) groups is 1. The third-order valence-corrected chi connectivity index (χ3v) is 5.31. The summed E-state index contributed by atoms with van der Waals surface area (Å²) in [6.07, 6.45) is 3.31. The molecule has 0 saturated carbocycles. The van der Waals surface area contributed by atoms with Crippen molar-refractivity contribution in [3.05, 3.63) is 59.7 Å². The number of nitriles is 1. The first-order chi connectivity index (χ1) is 14.7. The Bertz CT molecular complexity index is 847. The molecule has 1 saturated heterocycles. The molecule has 6 heteroatoms. The molecule has 2 aromatic rings. The average molecular weight is 406 g/mol. The van der Waals surface area contributed by atoms with Gasteiger partial charge in [-0.1, -0.05) is 19.1 Å². The summed E-state index contributed by atoms with van der Waals surface area (Å²) in [6.45, 7) is 6.33. The fourth-order valence-corrected chi connectivity index (χ4v) is 3.33. The topological polar surface area (TPSA) is 86.7 Å². The van der Waals surface area contributed by atoms with Gasteiger partial charge in [-0.2, -0.15) is 5.26 Å². The van der Waals surface area contributed by atoms with E-state index in [-0.39, 0.29) is 0 Å². The van der Waals surface area contributed by atoms with Crippen molar-refractivity contribution >= 4 is 11.6 Å². The predicted octanol–water partition coefficient (Wildman–Crippen LogP) is 3.80. The minimum absolute atomic E-state index is 0.464. The van der Waals surface area contributed by atoms with Crippen molar-refractivity contribution in [1.29, 1.82) is 5.26 Å². The van der Waals surface area contributed by atoms with Crippen LogP contribution in [0.5, 0.6) is 5.75 Å². The fraction of sp³-hybridized carbons (Fsp3) is 0.417. The third kappa shape index (κ3) is 6.50. The average Bonchev–Trinajstić information content (AvgIpc) is 2.79. The second-order valence-corrected chi connectivity index (χ2v) is 7.77. The molecule has 0 unspecified atom stereocenters. The summed E-state index contributed by atoms with van der Waals surface area (Å²) in [7, 11) is 0. The molecule has 0 spiro atoms. The smallest absolute Gasteiger partial charge is 0.199 e. The molecule has 3 N–H and O–H groups in total. The van der Waals surface area contributed by atoms with Crippen LogP contribution in [-0.2, 0) is 6.61 Å². The van der Waals surface area contributed by atoms with Gasteiger partial charge in [0.1, 0.15) is 12.4 Å². The molecule has 158 valence electrons. The van der Waals surface area contributed by atoms with Gasteiger partial charge in [-0.25, -0.2) is 4.99 Å². The van der Waals surface area contributed by atoms with Gasteiger partial charge in [0.15, 0.2) is 5.96 Å². The Kier molecular flexibility index (Phi) is 8.10. The molecule has 1 fully saturated rings. The van der Waals surface area contributed by atoms with Gasteiger partial charge in [0.2, 0.25) is 0 Å². The number of hydrogen-bond acceptors (Lipinski definition) is 4. The summed E-state index contributed by atoms with van der Waals surface area (Å²) in [6, 6.07) is 17.4. The first-order valence-electron chi connectivity index (χ1n) is 10.7. The summed E-state index contributed by atoms with van der Waals surface area (Å²) in [4.78, 5) is 7.20. The number of hydrogen-bond donors (Lipinski definition) is 2. The highest BCUT2D eigenvalue weighted by Crippen LogP contribution is 2.21. The molecular weight excluding hydrogens is 374 g/mol. The van der Waals surface area contributed by atoms with E-state index in [1.54, 1.807) is 12.1 Å². The second-order valence-electron chi connectivity index (χ2n) is 7.77. The van der Waals surface area contributed by atoms with E-state index >= 15 is 0 Å². The SMILES string of the molecule is CC1CCN(/C(=N\c2ccc(OCc3ccc(C#N)cc3)cc2)NCCCN)CC1. The van der Waals surface area contributed by atoms with Crippen molar-refractivity contribution in [3.63, 3.8) is 0 Å². The number of guanidine groups is 1. The summed E-state index contributed by atoms with van der Waals surface area (Å²) in [5.74, 6) is 2.50. The van der Waals surface area contributed by atoms with Crippen LogP contribution in [0.25, 0.3) is 0 Å². The van der Waals surface area contributed by atoms with Crippen molar-refractivity contribution < 1.29 is 4.74 Å². The standard InChI is InChI=1S/C24H31N5O/c1-19-11-15-29(16-12-19)24(27-14-2-13-25)28-22-7-9-23(10-8-22)30-18-21-5-3-20(17-26)4-6-21/h3-10,19H,2,11-16,18,25H2,1H3,(H,27,28). The first kappa shape index (κ1) is 21.7. The van der Waals surface area contributed by atoms with Crippen molar-refractivity contribution in [2.24, 2.45) is 16.6 Å². The van der Waals surface area contributed by atoms with Gasteiger partial charge >= 0.3 is 0 Å². The summed E-state index contributed by atoms with van der Waals surface area (Å²) < 4.78 is 5.86. The lowest BCUT2D eigenvalue weighted by atomic mass is 9.99. The zero-order valence-corrected chi connectivity index (χ0v) is 17.7. The van der Waals surface area contributed by atoms with Gasteiger partial charge in [-0.3, -0.25) is 0 Å². The van der Waals surface area contributed by atoms with Crippen LogP contribution in [0.1, 0.15) is 37.3 Å². The molecule has 2 aromatic carbocycles. The molecule has 6 nitrogen and oxygen atoms in total. The lowest BCUT2D eigenvalue weighted by Crippen LogP contribution is -2.45. The zero-order valence-electron chi connectivity index (χ0n) is 17.7. The molecule has 1 heterocycles. The largest absolute Gasteiger partial charge is 0.489 e. The lowest BCUT2D eigenvalue weighted by molar-refractivity contribution is 0.274. The fourth-order valence-electron chi connectivity index (χ4n) is 3.33. The molecule has 3 rings (SSSR count). The molecule has 1 aliphatic rings.